The Kier molecular flexibility index (Phi) is 15.3. The number of anilines is 2. The minimum atomic E-state index is -6.04. The molecule has 5 aromatic rings. The number of sulfone groups is 1. The molecule has 0 bridgehead atoms. The third kappa shape index (κ3) is 12.2. The molecular formula is C49H58ClF3N8O6S2. The van der Waals surface area contributed by atoms with Crippen LogP contribution in [-0.4, -0.2) is 102 Å². The fourth-order valence-corrected chi connectivity index (χ4v) is 11.6. The summed E-state index contributed by atoms with van der Waals surface area (Å²) in [4.78, 5) is 21.6. The summed E-state index contributed by atoms with van der Waals surface area (Å²) in [6, 6.07) is 18.6. The molecule has 3 aliphatic rings. The minimum Gasteiger partial charge on any atom is -0.455 e. The van der Waals surface area contributed by atoms with E-state index in [0.717, 1.165) is 88.8 Å². The van der Waals surface area contributed by atoms with Crippen molar-refractivity contribution in [2.75, 3.05) is 63.0 Å². The van der Waals surface area contributed by atoms with Crippen LogP contribution in [0.2, 0.25) is 5.02 Å². The van der Waals surface area contributed by atoms with Gasteiger partial charge in [-0.1, -0.05) is 43.2 Å². The molecule has 6 N–H and O–H groups in total. The number of piperazine rings is 1. The number of sulfonamides is 1. The van der Waals surface area contributed by atoms with Crippen molar-refractivity contribution in [1.82, 2.24) is 30.2 Å². The highest BCUT2D eigenvalue weighted by Gasteiger charge is 2.48. The van der Waals surface area contributed by atoms with E-state index in [0.29, 0.717) is 53.5 Å². The Balaban J connectivity index is 0.970. The molecule has 1 saturated carbocycles. The lowest BCUT2D eigenvalue weighted by Gasteiger charge is -2.39. The maximum absolute atomic E-state index is 14.1. The number of halogens is 4. The van der Waals surface area contributed by atoms with Crippen molar-refractivity contribution in [3.8, 4) is 11.5 Å². The van der Waals surface area contributed by atoms with E-state index in [1.165, 1.54) is 29.5 Å². The van der Waals surface area contributed by atoms with Gasteiger partial charge in [0.15, 0.2) is 0 Å². The first-order chi connectivity index (χ1) is 32.8. The van der Waals surface area contributed by atoms with Gasteiger partial charge in [0.25, 0.3) is 25.8 Å². The number of H-pyrrole nitrogens is 1. The first-order valence-electron chi connectivity index (χ1n) is 23.2. The van der Waals surface area contributed by atoms with Gasteiger partial charge in [0.2, 0.25) is 0 Å². The molecule has 1 saturated heterocycles. The number of allylic oxidation sites excluding steroid dienone is 1. The molecule has 8 rings (SSSR count). The maximum atomic E-state index is 14.1. The van der Waals surface area contributed by atoms with Gasteiger partial charge in [0.1, 0.15) is 22.0 Å². The second-order valence-electron chi connectivity index (χ2n) is 18.8. The SMILES string of the molecule is CC1(C)CCC(CNCCNc2ccc(C(=O)NS(=O)(=O)c3ccc(NCC4CCC(N5CCNCC5)CC4)c(S(=O)(=O)C(F)(F)F)c3)c(Oc3cnc4[nH]ccc4c3)c2)=C(c2ccc(Cl)cc2)C1. The Morgan fingerprint density at radius 2 is 1.68 bits per heavy atom. The van der Waals surface area contributed by atoms with Crippen molar-refractivity contribution in [2.45, 2.75) is 80.1 Å². The number of nitrogens with zero attached hydrogens (tertiary/aromatic N) is 2. The van der Waals surface area contributed by atoms with E-state index in [9.17, 15) is 34.8 Å². The van der Waals surface area contributed by atoms with Crippen molar-refractivity contribution < 1.29 is 39.5 Å². The molecule has 3 aromatic carbocycles. The number of pyridine rings is 1. The average molecular weight is 1010 g/mol. The molecule has 3 heterocycles. The molecule has 69 heavy (non-hydrogen) atoms. The number of alkyl halides is 3. The largest absolute Gasteiger partial charge is 0.501 e. The van der Waals surface area contributed by atoms with Crippen LogP contribution in [0.1, 0.15) is 74.7 Å². The highest BCUT2D eigenvalue weighted by molar-refractivity contribution is 7.92. The highest BCUT2D eigenvalue weighted by Crippen LogP contribution is 2.43. The van der Waals surface area contributed by atoms with Crippen LogP contribution in [0.4, 0.5) is 24.5 Å². The lowest BCUT2D eigenvalue weighted by molar-refractivity contribution is -0.0435. The predicted octanol–water partition coefficient (Wildman–Crippen LogP) is 8.96. The maximum Gasteiger partial charge on any atom is 0.501 e. The van der Waals surface area contributed by atoms with E-state index in [4.69, 9.17) is 16.3 Å². The number of ether oxygens (including phenoxy) is 1. The zero-order valence-electron chi connectivity index (χ0n) is 38.5. The average Bonchev–Trinajstić information content (AvgIpc) is 3.79. The molecule has 1 aliphatic heterocycles. The Labute approximate surface area is 406 Å². The standard InChI is InChI=1S/C49H58ClF3N8O6S2/c1-48(2)17-15-35(42(28-48)33-5-7-36(50)8-6-33)30-55-19-20-56-37-9-13-41(44(26-37)67-39-25-34-16-18-57-46(34)59-31-39)47(62)60-69(65,66)40-12-14-43(45(27-40)68(63,64)49(51,52)53)58-29-32-3-10-38(11-4-32)61-23-21-54-22-24-61/h5-9,12-14,16,18,25-27,31-32,38,54-56,58H,3-4,10-11,15,17,19-24,28-30H2,1-2H3,(H,57,59)(H,60,62). The third-order valence-electron chi connectivity index (χ3n) is 13.3. The molecule has 0 unspecified atom stereocenters. The normalized spacial score (nSPS) is 19.3. The summed E-state index contributed by atoms with van der Waals surface area (Å²) in [6.07, 6.45) is 9.51. The van der Waals surface area contributed by atoms with Gasteiger partial charge < -0.3 is 31.0 Å². The van der Waals surface area contributed by atoms with E-state index in [1.807, 2.05) is 16.9 Å². The molecule has 14 nitrogen and oxygen atoms in total. The van der Waals surface area contributed by atoms with Crippen LogP contribution in [0.15, 0.2) is 101 Å². The van der Waals surface area contributed by atoms with Crippen LogP contribution in [0.25, 0.3) is 16.6 Å². The van der Waals surface area contributed by atoms with Gasteiger partial charge in [-0.25, -0.2) is 26.5 Å². The van der Waals surface area contributed by atoms with Crippen molar-refractivity contribution in [1.29, 1.82) is 0 Å². The first-order valence-corrected chi connectivity index (χ1v) is 26.6. The van der Waals surface area contributed by atoms with Crippen LogP contribution in [0, 0.1) is 11.3 Å². The monoisotopic (exact) mass is 1010 g/mol. The van der Waals surface area contributed by atoms with Crippen molar-refractivity contribution in [2.24, 2.45) is 11.3 Å². The summed E-state index contributed by atoms with van der Waals surface area (Å²) in [5, 5.41) is 14.5. The van der Waals surface area contributed by atoms with Crippen molar-refractivity contribution >= 4 is 65.3 Å². The first kappa shape index (κ1) is 50.2. The van der Waals surface area contributed by atoms with Gasteiger partial charge >= 0.3 is 5.51 Å². The van der Waals surface area contributed by atoms with E-state index in [2.05, 4.69) is 62.1 Å². The number of amides is 1. The number of benzene rings is 3. The molecule has 20 heteroatoms. The van der Waals surface area contributed by atoms with E-state index in [1.54, 1.807) is 24.4 Å². The molecule has 2 fully saturated rings. The van der Waals surface area contributed by atoms with Gasteiger partial charge in [-0.05, 0) is 122 Å². The summed E-state index contributed by atoms with van der Waals surface area (Å²) in [5.41, 5.74) is -1.24. The molecule has 0 radical (unpaired) electrons. The Hall–Kier alpha value is -5.18. The summed E-state index contributed by atoms with van der Waals surface area (Å²) < 4.78 is 104. The molecule has 0 atom stereocenters. The number of fused-ring (bicyclic) bond motifs is 1. The number of aromatic nitrogens is 2. The Morgan fingerprint density at radius 3 is 2.42 bits per heavy atom. The molecule has 2 aliphatic carbocycles. The Bertz CT molecular complexity index is 2900. The molecular weight excluding hydrogens is 953 g/mol. The number of carbonyl (C=O) groups excluding carboxylic acids is 1. The van der Waals surface area contributed by atoms with Crippen LogP contribution in [-0.2, 0) is 19.9 Å². The quantitative estimate of drug-likeness (QED) is 0.0487. The lowest BCUT2D eigenvalue weighted by atomic mass is 9.72. The lowest BCUT2D eigenvalue weighted by Crippen LogP contribution is -2.49. The summed E-state index contributed by atoms with van der Waals surface area (Å²) >= 11 is 6.19. The van der Waals surface area contributed by atoms with Crippen LogP contribution in [0.5, 0.6) is 11.5 Å². The molecule has 0 spiro atoms. The second-order valence-corrected chi connectivity index (χ2v) is 22.8. The topological polar surface area (TPSA) is 187 Å². The van der Waals surface area contributed by atoms with Crippen molar-refractivity contribution in [3.63, 3.8) is 0 Å². The van der Waals surface area contributed by atoms with Crippen LogP contribution >= 0.6 is 11.6 Å². The number of hydrogen-bond acceptors (Lipinski definition) is 12. The third-order valence-corrected chi connectivity index (χ3v) is 16.4. The molecule has 1 amide bonds. The van der Waals surface area contributed by atoms with Gasteiger partial charge in [0, 0.05) is 86.8 Å². The summed E-state index contributed by atoms with van der Waals surface area (Å²) in [5.74, 6) is -0.929. The second kappa shape index (κ2) is 21.0. The fraction of sp³-hybridized carbons (Fsp3) is 0.429. The zero-order valence-corrected chi connectivity index (χ0v) is 40.9. The number of hydrogen-bond donors (Lipinski definition) is 6. The summed E-state index contributed by atoms with van der Waals surface area (Å²) in [6.45, 7) is 10.2. The summed E-state index contributed by atoms with van der Waals surface area (Å²) in [7, 11) is -11.0. The van der Waals surface area contributed by atoms with Gasteiger partial charge in [-0.3, -0.25) is 9.69 Å². The predicted molar refractivity (Wildman–Crippen MR) is 263 cm³/mol. The highest BCUT2D eigenvalue weighted by atomic mass is 35.5. The van der Waals surface area contributed by atoms with Gasteiger partial charge in [-0.2, -0.15) is 13.2 Å². The van der Waals surface area contributed by atoms with Crippen LogP contribution in [0.3, 0.4) is 0 Å². The fourth-order valence-electron chi connectivity index (χ4n) is 9.44. The number of rotatable bonds is 17. The number of nitrogens with one attached hydrogen (secondary N) is 6. The molecule has 370 valence electrons. The van der Waals surface area contributed by atoms with Crippen molar-refractivity contribution in [3.05, 3.63) is 107 Å². The zero-order chi connectivity index (χ0) is 49.0. The number of aromatic amines is 1. The van der Waals surface area contributed by atoms with E-state index >= 15 is 0 Å². The minimum absolute atomic E-state index is 0.0539. The van der Waals surface area contributed by atoms with Gasteiger partial charge in [-0.15, -0.1) is 0 Å². The van der Waals surface area contributed by atoms with Crippen LogP contribution < -0.4 is 30.7 Å². The smallest absolute Gasteiger partial charge is 0.455 e. The van der Waals surface area contributed by atoms with E-state index < -0.39 is 41.1 Å². The van der Waals surface area contributed by atoms with Gasteiger partial charge in [0.05, 0.1) is 22.3 Å². The molecule has 2 aromatic heterocycles. The van der Waals surface area contributed by atoms with E-state index in [-0.39, 0.29) is 40.6 Å². The Morgan fingerprint density at radius 1 is 0.928 bits per heavy atom. The number of carbonyl (C=O) groups is 1.